The predicted octanol–water partition coefficient (Wildman–Crippen LogP) is -0.389. The Kier molecular flexibility index (Phi) is 26.9. The van der Waals surface area contributed by atoms with Crippen molar-refractivity contribution in [3.63, 3.8) is 0 Å². The zero-order valence-corrected chi connectivity index (χ0v) is 47.5. The fourth-order valence-corrected chi connectivity index (χ4v) is 8.20. The Hall–Kier alpha value is -10.9. The number of primary amides is 1. The van der Waals surface area contributed by atoms with Crippen LogP contribution in [0, 0.1) is 33.3 Å². The molecule has 31 nitrogen and oxygen atoms in total. The molecule has 0 aromatic heterocycles. The molecule has 0 saturated heterocycles. The van der Waals surface area contributed by atoms with E-state index in [2.05, 4.69) is 58.5 Å². The van der Waals surface area contributed by atoms with Gasteiger partial charge in [-0.25, -0.2) is 8.78 Å². The first-order valence-corrected chi connectivity index (χ1v) is 26.8. The summed E-state index contributed by atoms with van der Waals surface area (Å²) < 4.78 is 40.5. The van der Waals surface area contributed by atoms with Gasteiger partial charge in [-0.1, -0.05) is 0 Å². The van der Waals surface area contributed by atoms with Gasteiger partial charge in [0.1, 0.15) is 41.3 Å². The number of halogens is 2. The Morgan fingerprint density at radius 2 is 0.713 bits per heavy atom. The smallest absolute Gasteiger partial charge is 0.255 e. The number of amides is 8. The molecule has 4 atom stereocenters. The Balaban J connectivity index is 1.58. The average Bonchev–Trinajstić information content (AvgIpc) is 2.81. The van der Waals surface area contributed by atoms with E-state index in [1.54, 1.807) is 0 Å². The van der Waals surface area contributed by atoms with Crippen molar-refractivity contribution in [3.05, 3.63) is 107 Å². The summed E-state index contributed by atoms with van der Waals surface area (Å²) >= 11 is 0. The molecule has 0 bridgehead atoms. The van der Waals surface area contributed by atoms with Gasteiger partial charge in [0, 0.05) is 48.9 Å². The van der Waals surface area contributed by atoms with Gasteiger partial charge in [0.25, 0.3) is 23.6 Å². The second-order valence-electron chi connectivity index (χ2n) is 19.2. The summed E-state index contributed by atoms with van der Waals surface area (Å²) in [5.41, 5.74) is 31.5. The zero-order valence-electron chi connectivity index (χ0n) is 47.5. The summed E-state index contributed by atoms with van der Waals surface area (Å²) in [6, 6.07) is 9.18. The molecule has 27 N–H and O–H groups in total. The number of hydrogen-bond acceptors (Lipinski definition) is 15. The third-order valence-corrected chi connectivity index (χ3v) is 12.6. The van der Waals surface area contributed by atoms with Crippen molar-refractivity contribution < 1.29 is 56.6 Å². The summed E-state index contributed by atoms with van der Waals surface area (Å²) in [6.45, 7) is 0.591. The van der Waals surface area contributed by atoms with Gasteiger partial charge in [0.15, 0.2) is 23.8 Å². The van der Waals surface area contributed by atoms with Crippen LogP contribution in [-0.2, 0) is 19.2 Å². The number of hydrogen-bond donors (Lipinski definition) is 21. The van der Waals surface area contributed by atoms with E-state index >= 15 is 4.39 Å². The van der Waals surface area contributed by atoms with E-state index in [1.807, 2.05) is 0 Å². The van der Waals surface area contributed by atoms with Gasteiger partial charge in [-0.05, 0) is 124 Å². The van der Waals surface area contributed by atoms with E-state index in [1.165, 1.54) is 62.8 Å². The molecule has 0 radical (unpaired) electrons. The second kappa shape index (κ2) is 34.0. The highest BCUT2D eigenvalue weighted by molar-refractivity contribution is 6.07. The van der Waals surface area contributed by atoms with E-state index in [0.717, 1.165) is 24.3 Å². The summed E-state index contributed by atoms with van der Waals surface area (Å²) in [7, 11) is 2.53. The third kappa shape index (κ3) is 22.7. The minimum atomic E-state index is -1.39. The normalized spacial score (nSPS) is 12.0. The van der Waals surface area contributed by atoms with Crippen molar-refractivity contribution >= 4 is 93.8 Å². The number of benzene rings is 4. The number of carbonyl (C=O) groups excluding carboxylic acids is 8. The highest BCUT2D eigenvalue weighted by Gasteiger charge is 2.29. The maximum absolute atomic E-state index is 15.3. The van der Waals surface area contributed by atoms with Gasteiger partial charge >= 0.3 is 0 Å². The fraction of sp³-hybridized carbons (Fsp3) is 0.333. The largest absolute Gasteiger partial charge is 0.496 e. The van der Waals surface area contributed by atoms with Crippen molar-refractivity contribution in [1.82, 2.24) is 37.2 Å². The lowest BCUT2D eigenvalue weighted by Crippen LogP contribution is -2.45. The van der Waals surface area contributed by atoms with Gasteiger partial charge in [-0.15, -0.1) is 0 Å². The molecule has 4 rings (SSSR count). The molecule has 468 valence electrons. The van der Waals surface area contributed by atoms with Crippen LogP contribution in [0.2, 0.25) is 0 Å². The van der Waals surface area contributed by atoms with Crippen LogP contribution in [0.1, 0.15) is 92.8 Å². The zero-order chi connectivity index (χ0) is 64.3. The SMILES string of the molecule is COc1ccc(NC(=O)[C@@H](CCCNC(=N)N)NC(=O)c2cc(NC(=O)[C@H](N)CCCNC(=N)N)ccc2F)cc1C(=O)N[C@H](CCCNC(=N)N)C(=O)Nc1ccc(OC)c(C(=O)N[C@H](CCCNC(=N)N)C(=O)Nc2ccc(F)c(C(N)=O)c2)c1. The number of methoxy groups -OCH3 is 2. The second-order valence-corrected chi connectivity index (χ2v) is 19.2. The first-order chi connectivity index (χ1) is 41.3. The Labute approximate surface area is 497 Å². The molecule has 0 aliphatic rings. The summed E-state index contributed by atoms with van der Waals surface area (Å²) in [6.07, 6.45) is 0.868. The van der Waals surface area contributed by atoms with Crippen molar-refractivity contribution in [2.75, 3.05) is 61.7 Å². The molecule has 0 spiro atoms. The number of carbonyl (C=O) groups is 8. The molecule has 0 aliphatic carbocycles. The molecule has 87 heavy (non-hydrogen) atoms. The number of anilines is 4. The highest BCUT2D eigenvalue weighted by Crippen LogP contribution is 2.26. The van der Waals surface area contributed by atoms with Crippen molar-refractivity contribution in [1.29, 1.82) is 21.6 Å². The van der Waals surface area contributed by atoms with Crippen molar-refractivity contribution in [2.24, 2.45) is 34.4 Å². The van der Waals surface area contributed by atoms with Crippen LogP contribution < -0.4 is 102 Å². The van der Waals surface area contributed by atoms with Gasteiger partial charge < -0.3 is 102 Å². The number of rotatable bonds is 33. The number of nitrogens with one attached hydrogen (secondary N) is 15. The Morgan fingerprint density at radius 3 is 1.05 bits per heavy atom. The molecule has 8 amide bonds. The van der Waals surface area contributed by atoms with Crippen LogP contribution in [0.4, 0.5) is 31.5 Å². The van der Waals surface area contributed by atoms with Crippen LogP contribution in [0.15, 0.2) is 72.8 Å². The van der Waals surface area contributed by atoms with E-state index < -0.39 is 94.2 Å². The van der Waals surface area contributed by atoms with Crippen LogP contribution in [0.3, 0.4) is 0 Å². The summed E-state index contributed by atoms with van der Waals surface area (Å²) in [5, 5.41) is 58.3. The van der Waals surface area contributed by atoms with E-state index in [-0.39, 0.29) is 140 Å². The molecule has 0 heterocycles. The van der Waals surface area contributed by atoms with Crippen LogP contribution in [0.25, 0.3) is 0 Å². The lowest BCUT2D eigenvalue weighted by atomic mass is 10.1. The van der Waals surface area contributed by atoms with E-state index in [4.69, 9.17) is 65.5 Å². The fourth-order valence-electron chi connectivity index (χ4n) is 8.20. The highest BCUT2D eigenvalue weighted by atomic mass is 19.1. The monoisotopic (exact) mass is 1210 g/mol. The van der Waals surface area contributed by atoms with Gasteiger partial charge in [-0.2, -0.15) is 0 Å². The lowest BCUT2D eigenvalue weighted by Gasteiger charge is -2.22. The van der Waals surface area contributed by atoms with Crippen molar-refractivity contribution in [2.45, 2.75) is 75.5 Å². The Bertz CT molecular complexity index is 3210. The van der Waals surface area contributed by atoms with Gasteiger partial charge in [-0.3, -0.25) is 60.0 Å². The quantitative estimate of drug-likeness (QED) is 0.0164. The van der Waals surface area contributed by atoms with Gasteiger partial charge in [0.2, 0.25) is 23.6 Å². The first-order valence-electron chi connectivity index (χ1n) is 26.8. The minimum absolute atomic E-state index is 0.00202. The standard InChI is InChI=1S/C54H73F2N21O10/c1-86-41-17-13-29(73-48(83)38(8-4-20-68-52(61)62)75-44(79)32-24-28(12-16-36(32)56)71-47(82)37(57)7-3-19-67-51(59)60)25-33(41)46(81)77-40(10-6-22-70-54(65)66)50(85)74-30-14-18-42(87-2)34(26-30)45(80)76-39(9-5-21-69-53(63)64)49(84)72-27-11-15-35(55)31(23-27)43(58)78/h11-18,23-26,37-40H,3-10,19-22,57H2,1-2H3,(H2,58,78)(H,71,82)(H,72,84)(H,73,83)(H,74,85)(H,75,79)(H,76,80)(H,77,81)(H4,59,60,67)(H4,61,62,68)(H4,63,64,69)(H4,65,66,70)/t37-,38-,39-,40-/m1/s1. The molecule has 0 saturated carbocycles. The number of guanidine groups is 4. The minimum Gasteiger partial charge on any atom is -0.496 e. The Morgan fingerprint density at radius 1 is 0.425 bits per heavy atom. The average molecular weight is 1210 g/mol. The van der Waals surface area contributed by atoms with Crippen LogP contribution in [-0.4, -0.2) is 136 Å². The molecule has 0 aliphatic heterocycles. The maximum atomic E-state index is 15.3. The molecule has 33 heteroatoms. The van der Waals surface area contributed by atoms with Crippen molar-refractivity contribution in [3.8, 4) is 11.5 Å². The van der Waals surface area contributed by atoms with E-state index in [9.17, 15) is 42.7 Å². The number of nitrogens with two attached hydrogens (primary N) is 6. The molecular formula is C54H73F2N21O10. The van der Waals surface area contributed by atoms with Gasteiger partial charge in [0.05, 0.1) is 42.5 Å². The predicted molar refractivity (Wildman–Crippen MR) is 320 cm³/mol. The topological polar surface area (TPSA) is 539 Å². The van der Waals surface area contributed by atoms with Crippen LogP contribution in [0.5, 0.6) is 11.5 Å². The summed E-state index contributed by atoms with van der Waals surface area (Å²) in [4.78, 5) is 109. The first kappa shape index (κ1) is 68.6. The number of ether oxygens (including phenoxy) is 2. The van der Waals surface area contributed by atoms with Crippen LogP contribution >= 0.6 is 0 Å². The molecule has 4 aromatic carbocycles. The molecule has 0 unspecified atom stereocenters. The maximum Gasteiger partial charge on any atom is 0.255 e. The lowest BCUT2D eigenvalue weighted by molar-refractivity contribution is -0.118. The molecule has 0 fully saturated rings. The third-order valence-electron chi connectivity index (χ3n) is 12.6. The molecule has 4 aromatic rings. The molecular weight excluding hydrogens is 1140 g/mol. The summed E-state index contributed by atoms with van der Waals surface area (Å²) in [5.74, 6) is -10.2. The van der Waals surface area contributed by atoms with E-state index in [0.29, 0.717) is 6.42 Å².